The number of hydrogen-bond acceptors (Lipinski definition) is 1. The number of rotatable bonds is 4. The lowest BCUT2D eigenvalue weighted by atomic mass is 10.0. The first kappa shape index (κ1) is 12.7. The first-order valence-corrected chi connectivity index (χ1v) is 6.42. The second-order valence-electron chi connectivity index (χ2n) is 4.63. The minimum absolute atomic E-state index is 0.111. The highest BCUT2D eigenvalue weighted by molar-refractivity contribution is 5.60. The number of aromatic nitrogens is 1. The van der Waals surface area contributed by atoms with Crippen molar-refractivity contribution in [3.8, 4) is 11.3 Å². The Morgan fingerprint density at radius 2 is 2.00 bits per heavy atom. The van der Waals surface area contributed by atoms with Gasteiger partial charge >= 0.3 is 0 Å². The van der Waals surface area contributed by atoms with Crippen molar-refractivity contribution < 1.29 is 4.39 Å². The van der Waals surface area contributed by atoms with Gasteiger partial charge in [-0.1, -0.05) is 13.3 Å². The van der Waals surface area contributed by atoms with Gasteiger partial charge in [-0.3, -0.25) is 4.98 Å². The van der Waals surface area contributed by atoms with Crippen LogP contribution in [0.5, 0.6) is 0 Å². The minimum atomic E-state index is -0.111. The van der Waals surface area contributed by atoms with Gasteiger partial charge in [0.15, 0.2) is 0 Å². The predicted octanol–water partition coefficient (Wildman–Crippen LogP) is 4.54. The second-order valence-corrected chi connectivity index (χ2v) is 4.63. The molecule has 0 atom stereocenters. The van der Waals surface area contributed by atoms with Crippen LogP contribution in [-0.2, 0) is 6.42 Å². The summed E-state index contributed by atoms with van der Waals surface area (Å²) in [6.45, 7) is 4.15. The van der Waals surface area contributed by atoms with Gasteiger partial charge in [-0.25, -0.2) is 4.39 Å². The molecule has 0 unspecified atom stereocenters. The molecule has 2 aromatic rings. The van der Waals surface area contributed by atoms with Crippen molar-refractivity contribution >= 4 is 0 Å². The van der Waals surface area contributed by atoms with Crippen LogP contribution in [0.15, 0.2) is 36.5 Å². The molecular weight excluding hydrogens is 225 g/mol. The first-order chi connectivity index (χ1) is 8.70. The van der Waals surface area contributed by atoms with E-state index in [1.807, 2.05) is 25.1 Å². The molecule has 0 radical (unpaired) electrons. The molecule has 0 N–H and O–H groups in total. The van der Waals surface area contributed by atoms with Gasteiger partial charge in [0.2, 0.25) is 0 Å². The second kappa shape index (κ2) is 5.76. The summed E-state index contributed by atoms with van der Waals surface area (Å²) in [6.07, 6.45) is 4.68. The number of hydrogen-bond donors (Lipinski definition) is 0. The summed E-state index contributed by atoms with van der Waals surface area (Å²) < 4.78 is 13.7. The van der Waals surface area contributed by atoms with Crippen LogP contribution in [0.25, 0.3) is 11.3 Å². The number of pyridine rings is 1. The smallest absolute Gasteiger partial charge is 0.126 e. The molecule has 1 aromatic carbocycles. The van der Waals surface area contributed by atoms with E-state index in [0.29, 0.717) is 0 Å². The largest absolute Gasteiger partial charge is 0.256 e. The van der Waals surface area contributed by atoms with Crippen molar-refractivity contribution in [2.24, 2.45) is 0 Å². The monoisotopic (exact) mass is 243 g/mol. The van der Waals surface area contributed by atoms with Crippen molar-refractivity contribution in [2.75, 3.05) is 0 Å². The van der Waals surface area contributed by atoms with Crippen molar-refractivity contribution in [1.29, 1.82) is 0 Å². The third-order valence-electron chi connectivity index (χ3n) is 3.06. The lowest BCUT2D eigenvalue weighted by Crippen LogP contribution is -1.93. The highest BCUT2D eigenvalue weighted by Gasteiger charge is 2.06. The summed E-state index contributed by atoms with van der Waals surface area (Å²) >= 11 is 0. The fourth-order valence-corrected chi connectivity index (χ4v) is 1.99. The molecule has 0 saturated heterocycles. The summed E-state index contributed by atoms with van der Waals surface area (Å²) in [6, 6.07) is 9.26. The Kier molecular flexibility index (Phi) is 4.08. The summed E-state index contributed by atoms with van der Waals surface area (Å²) in [7, 11) is 0. The molecule has 1 heterocycles. The van der Waals surface area contributed by atoms with Crippen molar-refractivity contribution in [3.63, 3.8) is 0 Å². The van der Waals surface area contributed by atoms with E-state index in [1.165, 1.54) is 5.56 Å². The fraction of sp³-hybridized carbons (Fsp3) is 0.312. The Morgan fingerprint density at radius 1 is 1.17 bits per heavy atom. The van der Waals surface area contributed by atoms with Gasteiger partial charge in [0.1, 0.15) is 5.82 Å². The van der Waals surface area contributed by atoms with Crippen molar-refractivity contribution in [3.05, 3.63) is 53.5 Å². The molecule has 0 bridgehead atoms. The molecule has 0 saturated carbocycles. The van der Waals surface area contributed by atoms with Crippen molar-refractivity contribution in [1.82, 2.24) is 4.98 Å². The molecule has 1 aromatic heterocycles. The Balaban J connectivity index is 2.34. The zero-order valence-electron chi connectivity index (χ0n) is 10.9. The molecule has 2 heteroatoms. The molecule has 0 spiro atoms. The van der Waals surface area contributed by atoms with Gasteiger partial charge in [0.05, 0.1) is 5.69 Å². The van der Waals surface area contributed by atoms with Gasteiger partial charge in [0.25, 0.3) is 0 Å². The van der Waals surface area contributed by atoms with Crippen LogP contribution >= 0.6 is 0 Å². The maximum absolute atomic E-state index is 13.7. The van der Waals surface area contributed by atoms with E-state index in [1.54, 1.807) is 18.3 Å². The van der Waals surface area contributed by atoms with Crippen LogP contribution in [-0.4, -0.2) is 4.98 Å². The standard InChI is InChI=1S/C16H18FN/c1-3-4-5-13-11-14(6-7-15(13)17)16-10-12(2)8-9-18-16/h6-11H,3-5H2,1-2H3. The third-order valence-corrected chi connectivity index (χ3v) is 3.06. The van der Waals surface area contributed by atoms with Gasteiger partial charge in [-0.2, -0.15) is 0 Å². The molecule has 18 heavy (non-hydrogen) atoms. The SMILES string of the molecule is CCCCc1cc(-c2cc(C)ccn2)ccc1F. The Hall–Kier alpha value is -1.70. The zero-order valence-corrected chi connectivity index (χ0v) is 10.9. The number of halogens is 1. The topological polar surface area (TPSA) is 12.9 Å². The van der Waals surface area contributed by atoms with Crippen LogP contribution in [0.3, 0.4) is 0 Å². The molecular formula is C16H18FN. The summed E-state index contributed by atoms with van der Waals surface area (Å²) in [5.74, 6) is -0.111. The van der Waals surface area contributed by atoms with Gasteiger partial charge in [0, 0.05) is 11.8 Å². The van der Waals surface area contributed by atoms with Crippen LogP contribution in [0, 0.1) is 12.7 Å². The fourth-order valence-electron chi connectivity index (χ4n) is 1.99. The molecule has 1 nitrogen and oxygen atoms in total. The summed E-state index contributed by atoms with van der Waals surface area (Å²) in [4.78, 5) is 4.34. The molecule has 0 amide bonds. The van der Waals surface area contributed by atoms with E-state index in [-0.39, 0.29) is 5.82 Å². The van der Waals surface area contributed by atoms with E-state index < -0.39 is 0 Å². The van der Waals surface area contributed by atoms with Crippen LogP contribution in [0.4, 0.5) is 4.39 Å². The molecule has 0 aliphatic carbocycles. The molecule has 0 aliphatic rings. The summed E-state index contributed by atoms with van der Waals surface area (Å²) in [5.41, 5.74) is 3.86. The van der Waals surface area contributed by atoms with E-state index >= 15 is 0 Å². The van der Waals surface area contributed by atoms with Crippen LogP contribution in [0.2, 0.25) is 0 Å². The predicted molar refractivity (Wildman–Crippen MR) is 73.0 cm³/mol. The Bertz CT molecular complexity index is 534. The number of benzene rings is 1. The highest BCUT2D eigenvalue weighted by Crippen LogP contribution is 2.22. The maximum Gasteiger partial charge on any atom is 0.126 e. The molecule has 0 fully saturated rings. The number of nitrogens with zero attached hydrogens (tertiary/aromatic N) is 1. The summed E-state index contributed by atoms with van der Waals surface area (Å²) in [5, 5.41) is 0. The zero-order chi connectivity index (χ0) is 13.0. The molecule has 2 rings (SSSR count). The van der Waals surface area contributed by atoms with E-state index in [4.69, 9.17) is 0 Å². The van der Waals surface area contributed by atoms with E-state index in [0.717, 1.165) is 36.1 Å². The van der Waals surface area contributed by atoms with Crippen LogP contribution < -0.4 is 0 Å². The highest BCUT2D eigenvalue weighted by atomic mass is 19.1. The van der Waals surface area contributed by atoms with Gasteiger partial charge in [-0.15, -0.1) is 0 Å². The quantitative estimate of drug-likeness (QED) is 0.768. The molecule has 94 valence electrons. The Morgan fingerprint density at radius 3 is 2.72 bits per heavy atom. The van der Waals surface area contributed by atoms with Crippen LogP contribution in [0.1, 0.15) is 30.9 Å². The lowest BCUT2D eigenvalue weighted by molar-refractivity contribution is 0.603. The third kappa shape index (κ3) is 2.95. The lowest BCUT2D eigenvalue weighted by Gasteiger charge is -2.06. The average Bonchev–Trinajstić information content (AvgIpc) is 2.38. The Labute approximate surface area is 108 Å². The number of unbranched alkanes of at least 4 members (excludes halogenated alkanes) is 1. The first-order valence-electron chi connectivity index (χ1n) is 6.42. The maximum atomic E-state index is 13.7. The molecule has 0 aliphatic heterocycles. The normalized spacial score (nSPS) is 10.6. The van der Waals surface area contributed by atoms with E-state index in [9.17, 15) is 4.39 Å². The van der Waals surface area contributed by atoms with Gasteiger partial charge < -0.3 is 0 Å². The number of aryl methyl sites for hydroxylation is 2. The van der Waals surface area contributed by atoms with Crippen molar-refractivity contribution in [2.45, 2.75) is 33.1 Å². The average molecular weight is 243 g/mol. The van der Waals surface area contributed by atoms with Gasteiger partial charge in [-0.05, 0) is 61.2 Å². The minimum Gasteiger partial charge on any atom is -0.256 e. The van der Waals surface area contributed by atoms with E-state index in [2.05, 4.69) is 11.9 Å².